The van der Waals surface area contributed by atoms with Crippen LogP contribution < -0.4 is 0 Å². The van der Waals surface area contributed by atoms with Crippen molar-refractivity contribution in [3.05, 3.63) is 0 Å². The van der Waals surface area contributed by atoms with Crippen LogP contribution in [0.4, 0.5) is 0 Å². The summed E-state index contributed by atoms with van der Waals surface area (Å²) in [4.78, 5) is 11.3. The number of thioether (sulfide) groups is 1. The van der Waals surface area contributed by atoms with Gasteiger partial charge in [-0.25, -0.2) is 0 Å². The third-order valence-corrected chi connectivity index (χ3v) is 5.90. The zero-order valence-corrected chi connectivity index (χ0v) is 12.0. The predicted molar refractivity (Wildman–Crippen MR) is 66.5 cm³/mol. The van der Waals surface area contributed by atoms with E-state index in [1.165, 1.54) is 0 Å². The van der Waals surface area contributed by atoms with Crippen LogP contribution in [0.3, 0.4) is 0 Å². The van der Waals surface area contributed by atoms with Crippen LogP contribution in [0.2, 0.25) is 19.6 Å². The number of ether oxygens (including phenoxy) is 1. The van der Waals surface area contributed by atoms with E-state index >= 15 is 0 Å². The van der Waals surface area contributed by atoms with Gasteiger partial charge in [0.05, 0.1) is 13.8 Å². The summed E-state index contributed by atoms with van der Waals surface area (Å²) >= 11 is 1.70. The minimum atomic E-state index is -1.03. The van der Waals surface area contributed by atoms with Crippen molar-refractivity contribution >= 4 is 25.8 Å². The Morgan fingerprint density at radius 1 is 1.29 bits per heavy atom. The smallest absolute Gasteiger partial charge is 0.316 e. The van der Waals surface area contributed by atoms with Gasteiger partial charge in [0.15, 0.2) is 0 Å². The second kappa shape index (κ2) is 5.21. The molecule has 14 heavy (non-hydrogen) atoms. The van der Waals surface area contributed by atoms with E-state index in [9.17, 15) is 4.79 Å². The maximum absolute atomic E-state index is 11.3. The Balaban J connectivity index is 3.66. The van der Waals surface area contributed by atoms with Gasteiger partial charge in [-0.15, -0.1) is 0 Å². The summed E-state index contributed by atoms with van der Waals surface area (Å²) in [5.41, 5.74) is -0.350. The quantitative estimate of drug-likeness (QED) is 0.552. The molecule has 0 aliphatic heterocycles. The number of hydrogen-bond acceptors (Lipinski definition) is 3. The molecular formula is C10H22O2SSi. The first-order valence-electron chi connectivity index (χ1n) is 4.90. The molecule has 0 radical (unpaired) electrons. The molecule has 0 heterocycles. The van der Waals surface area contributed by atoms with E-state index in [1.807, 2.05) is 20.8 Å². The fourth-order valence-corrected chi connectivity index (χ4v) is 3.89. The molecule has 2 nitrogen and oxygen atoms in total. The minimum Gasteiger partial charge on any atom is -0.459 e. The van der Waals surface area contributed by atoms with Gasteiger partial charge in [-0.05, 0) is 26.1 Å². The molecule has 0 N–H and O–H groups in total. The molecule has 0 atom stereocenters. The average molecular weight is 234 g/mol. The largest absolute Gasteiger partial charge is 0.459 e. The Bertz CT molecular complexity index is 191. The molecule has 0 spiro atoms. The maximum Gasteiger partial charge on any atom is 0.316 e. The number of rotatable bonds is 4. The van der Waals surface area contributed by atoms with Crippen molar-refractivity contribution in [3.63, 3.8) is 0 Å². The highest BCUT2D eigenvalue weighted by Crippen LogP contribution is 2.13. The first-order chi connectivity index (χ1) is 6.10. The van der Waals surface area contributed by atoms with Crippen molar-refractivity contribution in [2.45, 2.75) is 46.0 Å². The van der Waals surface area contributed by atoms with Gasteiger partial charge >= 0.3 is 5.97 Å². The molecule has 4 heteroatoms. The summed E-state index contributed by atoms with van der Waals surface area (Å²) in [5.74, 6) is 0.391. The third-order valence-electron chi connectivity index (χ3n) is 1.18. The molecule has 0 fully saturated rings. The number of carbonyl (C=O) groups is 1. The molecule has 0 aromatic rings. The standard InChI is InChI=1S/C10H22O2SSi/c1-10(2,3)12-9(11)7-13-8-14(4,5)6/h7-8H2,1-6H3. The normalized spacial score (nSPS) is 12.7. The first kappa shape index (κ1) is 14.0. The van der Waals surface area contributed by atoms with Crippen LogP contribution in [0.1, 0.15) is 20.8 Å². The summed E-state index contributed by atoms with van der Waals surface area (Å²) in [7, 11) is -1.03. The highest BCUT2D eigenvalue weighted by atomic mass is 32.2. The van der Waals surface area contributed by atoms with E-state index in [-0.39, 0.29) is 11.6 Å². The minimum absolute atomic E-state index is 0.0965. The zero-order chi connectivity index (χ0) is 11.4. The summed E-state index contributed by atoms with van der Waals surface area (Å²) in [5, 5.41) is 1.12. The van der Waals surface area contributed by atoms with Crippen molar-refractivity contribution < 1.29 is 9.53 Å². The lowest BCUT2D eigenvalue weighted by molar-refractivity contribution is -0.151. The SMILES string of the molecule is CC(C)(C)OC(=O)CSC[Si](C)(C)C. The fourth-order valence-electron chi connectivity index (χ4n) is 0.812. The molecule has 0 amide bonds. The number of hydrogen-bond donors (Lipinski definition) is 0. The molecule has 84 valence electrons. The molecule has 0 saturated heterocycles. The van der Waals surface area contributed by atoms with Crippen LogP contribution in [-0.2, 0) is 9.53 Å². The lowest BCUT2D eigenvalue weighted by Gasteiger charge is -2.20. The van der Waals surface area contributed by atoms with Crippen LogP contribution >= 0.6 is 11.8 Å². The summed E-state index contributed by atoms with van der Waals surface area (Å²) in [6.45, 7) is 12.6. The molecule has 0 rings (SSSR count). The highest BCUT2D eigenvalue weighted by Gasteiger charge is 2.18. The van der Waals surface area contributed by atoms with Crippen LogP contribution in [-0.4, -0.2) is 30.8 Å². The van der Waals surface area contributed by atoms with Crippen molar-refractivity contribution in [1.29, 1.82) is 0 Å². The van der Waals surface area contributed by atoms with Crippen molar-refractivity contribution in [2.75, 3.05) is 11.1 Å². The summed E-state index contributed by atoms with van der Waals surface area (Å²) in [6, 6.07) is 0. The van der Waals surface area contributed by atoms with Gasteiger partial charge in [0.25, 0.3) is 0 Å². The Kier molecular flexibility index (Phi) is 5.23. The van der Waals surface area contributed by atoms with Crippen molar-refractivity contribution in [3.8, 4) is 0 Å². The lowest BCUT2D eigenvalue weighted by atomic mass is 10.2. The summed E-state index contributed by atoms with van der Waals surface area (Å²) < 4.78 is 5.21. The Morgan fingerprint density at radius 2 is 1.79 bits per heavy atom. The molecule has 0 unspecified atom stereocenters. The lowest BCUT2D eigenvalue weighted by Crippen LogP contribution is -2.27. The average Bonchev–Trinajstić information content (AvgIpc) is 1.78. The van der Waals surface area contributed by atoms with Gasteiger partial charge in [-0.1, -0.05) is 19.6 Å². The van der Waals surface area contributed by atoms with Gasteiger partial charge in [0.1, 0.15) is 5.60 Å². The van der Waals surface area contributed by atoms with Gasteiger partial charge in [0, 0.05) is 0 Å². The van der Waals surface area contributed by atoms with E-state index in [1.54, 1.807) is 11.8 Å². The topological polar surface area (TPSA) is 26.3 Å². The molecule has 0 aliphatic carbocycles. The highest BCUT2D eigenvalue weighted by molar-refractivity contribution is 8.01. The Morgan fingerprint density at radius 3 is 2.14 bits per heavy atom. The van der Waals surface area contributed by atoms with Gasteiger partial charge < -0.3 is 4.74 Å². The molecule has 0 aromatic heterocycles. The van der Waals surface area contributed by atoms with E-state index in [0.29, 0.717) is 5.75 Å². The second-order valence-corrected chi connectivity index (χ2v) is 12.6. The van der Waals surface area contributed by atoms with E-state index in [0.717, 1.165) is 5.38 Å². The third kappa shape index (κ3) is 10.1. The van der Waals surface area contributed by atoms with Crippen molar-refractivity contribution in [1.82, 2.24) is 0 Å². The van der Waals surface area contributed by atoms with Crippen LogP contribution in [0.25, 0.3) is 0 Å². The second-order valence-electron chi connectivity index (χ2n) is 5.64. The Labute approximate surface area is 92.8 Å². The monoisotopic (exact) mass is 234 g/mol. The van der Waals surface area contributed by atoms with E-state index < -0.39 is 8.07 Å². The predicted octanol–water partition coefficient (Wildman–Crippen LogP) is 2.94. The van der Waals surface area contributed by atoms with Crippen LogP contribution in [0.5, 0.6) is 0 Å². The molecule has 0 saturated carbocycles. The van der Waals surface area contributed by atoms with Gasteiger partial charge in [-0.3, -0.25) is 4.79 Å². The number of carbonyl (C=O) groups excluding carboxylic acids is 1. The van der Waals surface area contributed by atoms with E-state index in [2.05, 4.69) is 19.6 Å². The van der Waals surface area contributed by atoms with Gasteiger partial charge in [0.2, 0.25) is 0 Å². The summed E-state index contributed by atoms with van der Waals surface area (Å²) in [6.07, 6.45) is 0. The van der Waals surface area contributed by atoms with Crippen LogP contribution in [0.15, 0.2) is 0 Å². The Hall–Kier alpha value is 0.0369. The molecular weight excluding hydrogens is 212 g/mol. The molecule has 0 aliphatic rings. The first-order valence-corrected chi connectivity index (χ1v) is 9.76. The molecule has 0 aromatic carbocycles. The fraction of sp³-hybridized carbons (Fsp3) is 0.900. The number of esters is 1. The van der Waals surface area contributed by atoms with Crippen LogP contribution in [0, 0.1) is 0 Å². The zero-order valence-electron chi connectivity index (χ0n) is 10.1. The van der Waals surface area contributed by atoms with Crippen molar-refractivity contribution in [2.24, 2.45) is 0 Å². The van der Waals surface area contributed by atoms with E-state index in [4.69, 9.17) is 4.74 Å². The maximum atomic E-state index is 11.3. The molecule has 0 bridgehead atoms. The van der Waals surface area contributed by atoms with Gasteiger partial charge in [-0.2, -0.15) is 11.8 Å².